The molecule has 3 aliphatic heterocycles. The predicted octanol–water partition coefficient (Wildman–Crippen LogP) is 0.821. The van der Waals surface area contributed by atoms with E-state index in [-0.39, 0.29) is 17.5 Å². The van der Waals surface area contributed by atoms with Crippen molar-refractivity contribution >= 4 is 5.91 Å². The Morgan fingerprint density at radius 1 is 1.26 bits per heavy atom. The Morgan fingerprint density at radius 3 is 2.89 bits per heavy atom. The monoisotopic (exact) mass is 367 g/mol. The Balaban J connectivity index is 1.34. The van der Waals surface area contributed by atoms with Gasteiger partial charge in [0.15, 0.2) is 0 Å². The van der Waals surface area contributed by atoms with Crippen LogP contribution in [0.1, 0.15) is 16.1 Å². The van der Waals surface area contributed by atoms with Gasteiger partial charge < -0.3 is 14.6 Å². The first-order chi connectivity index (χ1) is 13.2. The van der Waals surface area contributed by atoms with Crippen molar-refractivity contribution in [3.05, 3.63) is 54.1 Å². The molecule has 0 radical (unpaired) electrons. The van der Waals surface area contributed by atoms with E-state index in [2.05, 4.69) is 19.8 Å². The van der Waals surface area contributed by atoms with Crippen LogP contribution in [0.3, 0.4) is 0 Å². The summed E-state index contributed by atoms with van der Waals surface area (Å²) < 4.78 is 5.74. The quantitative estimate of drug-likeness (QED) is 0.870. The topological polar surface area (TPSA) is 64.7 Å². The molecule has 0 unspecified atom stereocenters. The number of aromatic nitrogens is 2. The maximum Gasteiger partial charge on any atom is 0.253 e. The van der Waals surface area contributed by atoms with Gasteiger partial charge in [0, 0.05) is 56.7 Å². The lowest BCUT2D eigenvalue weighted by molar-refractivity contribution is -0.160. The molecule has 7 nitrogen and oxygen atoms in total. The first-order valence-electron chi connectivity index (χ1n) is 9.62. The molecule has 1 atom stereocenters. The number of fused-ring (bicyclic) bond motifs is 2. The second kappa shape index (κ2) is 6.74. The number of imidazole rings is 1. The summed E-state index contributed by atoms with van der Waals surface area (Å²) in [5.74, 6) is 0.132. The number of nitrogens with zero attached hydrogens (tertiary/aromatic N) is 4. The van der Waals surface area contributed by atoms with E-state index < -0.39 is 0 Å². The van der Waals surface area contributed by atoms with Crippen LogP contribution in [0.25, 0.3) is 0 Å². The number of rotatable bonds is 3. The first-order valence-corrected chi connectivity index (χ1v) is 9.62. The number of amides is 1. The molecular formula is C20H25N5O2. The molecule has 7 heteroatoms. The molecule has 3 aliphatic rings. The maximum atomic E-state index is 13.1. The zero-order valence-corrected chi connectivity index (χ0v) is 15.4. The van der Waals surface area contributed by atoms with E-state index in [0.717, 1.165) is 57.1 Å². The van der Waals surface area contributed by atoms with Gasteiger partial charge in [0.1, 0.15) is 0 Å². The highest BCUT2D eigenvalue weighted by molar-refractivity contribution is 5.94. The lowest BCUT2D eigenvalue weighted by atomic mass is 9.82. The average Bonchev–Trinajstić information content (AvgIpc) is 3.20. The largest absolute Gasteiger partial charge is 0.378 e. The number of morpholine rings is 1. The van der Waals surface area contributed by atoms with Crippen molar-refractivity contribution in [3.63, 3.8) is 0 Å². The summed E-state index contributed by atoms with van der Waals surface area (Å²) >= 11 is 0. The van der Waals surface area contributed by atoms with E-state index in [4.69, 9.17) is 4.74 Å². The summed E-state index contributed by atoms with van der Waals surface area (Å²) in [7, 11) is 0. The summed E-state index contributed by atoms with van der Waals surface area (Å²) in [5.41, 5.74) is 1.94. The molecule has 2 aromatic rings. The molecular weight excluding hydrogens is 342 g/mol. The lowest BCUT2D eigenvalue weighted by Gasteiger charge is -2.63. The van der Waals surface area contributed by atoms with Gasteiger partial charge in [-0.2, -0.15) is 0 Å². The average molecular weight is 367 g/mol. The minimum atomic E-state index is 0.0388. The summed E-state index contributed by atoms with van der Waals surface area (Å²) in [5, 5.41) is 0. The fourth-order valence-corrected chi connectivity index (χ4v) is 4.91. The Labute approximate surface area is 158 Å². The smallest absolute Gasteiger partial charge is 0.253 e. The fraction of sp³-hybridized carbons (Fsp3) is 0.500. The van der Waals surface area contributed by atoms with Crippen LogP contribution in [0.5, 0.6) is 0 Å². The zero-order valence-electron chi connectivity index (χ0n) is 15.4. The van der Waals surface area contributed by atoms with E-state index >= 15 is 0 Å². The molecule has 4 heterocycles. The van der Waals surface area contributed by atoms with E-state index in [1.807, 2.05) is 41.4 Å². The van der Waals surface area contributed by atoms with Crippen LogP contribution in [-0.4, -0.2) is 88.1 Å². The number of hydrogen-bond acceptors (Lipinski definition) is 5. The molecule has 1 spiro atoms. The lowest BCUT2D eigenvalue weighted by Crippen LogP contribution is -2.80. The highest BCUT2D eigenvalue weighted by atomic mass is 16.5. The van der Waals surface area contributed by atoms with Gasteiger partial charge in [0.05, 0.1) is 31.1 Å². The van der Waals surface area contributed by atoms with E-state index in [0.29, 0.717) is 6.61 Å². The van der Waals surface area contributed by atoms with Crippen LogP contribution in [0.2, 0.25) is 0 Å². The van der Waals surface area contributed by atoms with Gasteiger partial charge in [-0.1, -0.05) is 18.2 Å². The Hall–Kier alpha value is -2.22. The highest BCUT2D eigenvalue weighted by Gasteiger charge is 2.54. The van der Waals surface area contributed by atoms with Crippen molar-refractivity contribution in [3.8, 4) is 0 Å². The summed E-state index contributed by atoms with van der Waals surface area (Å²) in [6, 6.07) is 9.91. The molecule has 0 bridgehead atoms. The number of nitrogens with one attached hydrogen (secondary N) is 1. The van der Waals surface area contributed by atoms with Gasteiger partial charge in [-0.25, -0.2) is 4.98 Å². The highest BCUT2D eigenvalue weighted by Crippen LogP contribution is 2.36. The Bertz CT molecular complexity index is 788. The number of H-pyrrole nitrogens is 1. The van der Waals surface area contributed by atoms with Gasteiger partial charge in [0.2, 0.25) is 0 Å². The third-order valence-electron chi connectivity index (χ3n) is 6.05. The summed E-state index contributed by atoms with van der Waals surface area (Å²) in [6.07, 6.45) is 3.61. The van der Waals surface area contributed by atoms with Gasteiger partial charge in [0.25, 0.3) is 5.91 Å². The molecule has 3 saturated heterocycles. The predicted molar refractivity (Wildman–Crippen MR) is 100 cm³/mol. The number of carbonyl (C=O) groups is 1. The molecule has 1 N–H and O–H groups in total. The fourth-order valence-electron chi connectivity index (χ4n) is 4.91. The van der Waals surface area contributed by atoms with Crippen molar-refractivity contribution in [1.82, 2.24) is 24.7 Å². The SMILES string of the molecule is O=C(c1ccccc1)N1C[C@@H]2COCCN2C2(CN(Cc3cnc[nH]3)C2)C1. The third-order valence-corrected chi connectivity index (χ3v) is 6.05. The van der Waals surface area contributed by atoms with Crippen molar-refractivity contribution < 1.29 is 9.53 Å². The minimum Gasteiger partial charge on any atom is -0.378 e. The standard InChI is InChI=1S/C20H25N5O2/c26-19(16-4-2-1-3-5-16)24-10-18-11-27-7-6-25(18)20(14-24)12-23(13-20)9-17-8-21-15-22-17/h1-5,8,15,18H,6-7,9-14H2,(H,21,22)/t18-/m1/s1. The van der Waals surface area contributed by atoms with Crippen LogP contribution in [0.15, 0.2) is 42.9 Å². The number of hydrogen-bond donors (Lipinski definition) is 1. The zero-order chi connectivity index (χ0) is 18.3. The van der Waals surface area contributed by atoms with Crippen LogP contribution < -0.4 is 0 Å². The Kier molecular flexibility index (Phi) is 4.22. The van der Waals surface area contributed by atoms with Crippen molar-refractivity contribution in [2.24, 2.45) is 0 Å². The number of ether oxygens (including phenoxy) is 1. The second-order valence-corrected chi connectivity index (χ2v) is 7.92. The van der Waals surface area contributed by atoms with Crippen LogP contribution in [0.4, 0.5) is 0 Å². The number of piperazine rings is 1. The van der Waals surface area contributed by atoms with Gasteiger partial charge >= 0.3 is 0 Å². The molecule has 27 heavy (non-hydrogen) atoms. The third kappa shape index (κ3) is 3.05. The molecule has 0 saturated carbocycles. The van der Waals surface area contributed by atoms with Crippen LogP contribution in [0, 0.1) is 0 Å². The van der Waals surface area contributed by atoms with Gasteiger partial charge in [-0.05, 0) is 12.1 Å². The molecule has 0 aliphatic carbocycles. The van der Waals surface area contributed by atoms with Crippen LogP contribution in [-0.2, 0) is 11.3 Å². The normalized spacial score (nSPS) is 25.2. The van der Waals surface area contributed by atoms with E-state index in [9.17, 15) is 4.79 Å². The number of benzene rings is 1. The van der Waals surface area contributed by atoms with E-state index in [1.54, 1.807) is 6.33 Å². The van der Waals surface area contributed by atoms with Crippen molar-refractivity contribution in [2.75, 3.05) is 45.9 Å². The first kappa shape index (κ1) is 16.9. The molecule has 1 aromatic heterocycles. The molecule has 1 amide bonds. The molecule has 142 valence electrons. The molecule has 5 rings (SSSR count). The number of likely N-dealkylation sites (tertiary alicyclic amines) is 1. The Morgan fingerprint density at radius 2 is 2.11 bits per heavy atom. The molecule has 1 aromatic carbocycles. The number of carbonyl (C=O) groups excluding carboxylic acids is 1. The van der Waals surface area contributed by atoms with Gasteiger partial charge in [-0.3, -0.25) is 14.6 Å². The van der Waals surface area contributed by atoms with Crippen molar-refractivity contribution in [2.45, 2.75) is 18.1 Å². The minimum absolute atomic E-state index is 0.0388. The second-order valence-electron chi connectivity index (χ2n) is 7.92. The van der Waals surface area contributed by atoms with Crippen molar-refractivity contribution in [1.29, 1.82) is 0 Å². The van der Waals surface area contributed by atoms with Crippen LogP contribution >= 0.6 is 0 Å². The molecule has 3 fully saturated rings. The van der Waals surface area contributed by atoms with Gasteiger partial charge in [-0.15, -0.1) is 0 Å². The summed E-state index contributed by atoms with van der Waals surface area (Å²) in [4.78, 5) is 27.4. The number of aromatic amines is 1. The van der Waals surface area contributed by atoms with E-state index in [1.165, 1.54) is 0 Å². The summed E-state index contributed by atoms with van der Waals surface area (Å²) in [6.45, 7) is 6.81. The maximum absolute atomic E-state index is 13.1.